The number of rotatable bonds is 9. The SMILES string of the molecule is Cc1ccc(NC(=O)[C@@H](CN)NC[C@H]2CCCN2)cc1C(=O)N[C@H](C)c1cccc2ccccc12.O=C(O)C(F)(F)F.O=C(O)C(F)(F)F.O=C(O)C(F)(F)F. The van der Waals surface area contributed by atoms with Gasteiger partial charge in [0.2, 0.25) is 5.91 Å². The zero-order valence-electron chi connectivity index (χ0n) is 29.4. The van der Waals surface area contributed by atoms with Gasteiger partial charge in [0, 0.05) is 30.4 Å². The number of hydrogen-bond acceptors (Lipinski definition) is 8. The Labute approximate surface area is 312 Å². The van der Waals surface area contributed by atoms with Crippen molar-refractivity contribution >= 4 is 46.2 Å². The van der Waals surface area contributed by atoms with Crippen LogP contribution in [-0.4, -0.2) is 95.3 Å². The lowest BCUT2D eigenvalue weighted by atomic mass is 9.99. The van der Waals surface area contributed by atoms with Gasteiger partial charge in [0.25, 0.3) is 5.91 Å². The Morgan fingerprint density at radius 3 is 1.82 bits per heavy atom. The molecule has 0 aliphatic carbocycles. The molecule has 3 aromatic rings. The van der Waals surface area contributed by atoms with Gasteiger partial charge in [-0.05, 0) is 67.3 Å². The Hall–Kier alpha value is -5.48. The monoisotopic (exact) mass is 815 g/mol. The second-order valence-corrected chi connectivity index (χ2v) is 11.7. The Morgan fingerprint density at radius 1 is 0.821 bits per heavy atom. The summed E-state index contributed by atoms with van der Waals surface area (Å²) in [4.78, 5) is 52.7. The van der Waals surface area contributed by atoms with Crippen LogP contribution in [0.3, 0.4) is 0 Å². The van der Waals surface area contributed by atoms with E-state index in [-0.39, 0.29) is 24.4 Å². The summed E-state index contributed by atoms with van der Waals surface area (Å²) in [5.74, 6) is -8.66. The molecule has 1 aliphatic heterocycles. The van der Waals surface area contributed by atoms with E-state index in [1.807, 2.05) is 50.2 Å². The Balaban J connectivity index is 0.000000610. The standard InChI is InChI=1S/C28H35N5O2.3C2HF3O2/c1-18-12-13-21(33-28(35)26(16-29)31-17-22-9-6-14-30-22)15-25(18)27(34)32-19(2)23-11-5-8-20-7-3-4-10-24(20)23;3*3-2(4,5)1(6)7/h3-5,7-8,10-13,15,19,22,26,30-31H,6,9,14,16-17,29H2,1-2H3,(H,32,34)(H,33,35);3*(H,6,7)/t19-,22-,26-;;;/m1.../s1. The number of hydrogen-bond donors (Lipinski definition) is 8. The number of aliphatic carboxylic acids is 3. The zero-order chi connectivity index (χ0) is 43.0. The number of benzene rings is 3. The Morgan fingerprint density at radius 2 is 1.34 bits per heavy atom. The molecule has 9 N–H and O–H groups in total. The molecular formula is C34H38F9N5O8. The largest absolute Gasteiger partial charge is 0.490 e. The first-order valence-corrected chi connectivity index (χ1v) is 16.1. The maximum atomic E-state index is 13.2. The number of halogens is 9. The van der Waals surface area contributed by atoms with Crippen LogP contribution in [0.5, 0.6) is 0 Å². The average molecular weight is 816 g/mol. The minimum absolute atomic E-state index is 0.179. The minimum Gasteiger partial charge on any atom is -0.475 e. The fourth-order valence-corrected chi connectivity index (χ4v) is 4.65. The van der Waals surface area contributed by atoms with Crippen molar-refractivity contribution in [1.82, 2.24) is 16.0 Å². The third-order valence-corrected chi connectivity index (χ3v) is 7.44. The fourth-order valence-electron chi connectivity index (χ4n) is 4.65. The number of nitrogens with two attached hydrogens (primary N) is 1. The predicted molar refractivity (Wildman–Crippen MR) is 183 cm³/mol. The number of carboxylic acids is 3. The highest BCUT2D eigenvalue weighted by Crippen LogP contribution is 2.25. The van der Waals surface area contributed by atoms with Crippen LogP contribution in [0.15, 0.2) is 60.7 Å². The second kappa shape index (κ2) is 21.6. The van der Waals surface area contributed by atoms with Gasteiger partial charge in [-0.1, -0.05) is 48.5 Å². The molecule has 22 heteroatoms. The molecule has 1 heterocycles. The third-order valence-electron chi connectivity index (χ3n) is 7.44. The molecule has 13 nitrogen and oxygen atoms in total. The summed E-state index contributed by atoms with van der Waals surface area (Å²) in [6, 6.07) is 19.3. The molecule has 0 aromatic heterocycles. The number of nitrogens with one attached hydrogen (secondary N) is 4. The first-order valence-electron chi connectivity index (χ1n) is 16.1. The van der Waals surface area contributed by atoms with Gasteiger partial charge < -0.3 is 42.3 Å². The first kappa shape index (κ1) is 48.5. The van der Waals surface area contributed by atoms with Crippen LogP contribution in [0.2, 0.25) is 0 Å². The number of fused-ring (bicyclic) bond motifs is 1. The molecule has 3 atom stereocenters. The summed E-state index contributed by atoms with van der Waals surface area (Å²) in [6.07, 6.45) is -13.0. The number of carboxylic acid groups (broad SMARTS) is 3. The van der Waals surface area contributed by atoms with Crippen LogP contribution in [-0.2, 0) is 19.2 Å². The van der Waals surface area contributed by atoms with E-state index in [1.165, 1.54) is 0 Å². The number of aryl methyl sites for hydroxylation is 1. The molecular weight excluding hydrogens is 777 g/mol. The molecule has 56 heavy (non-hydrogen) atoms. The molecule has 1 saturated heterocycles. The lowest BCUT2D eigenvalue weighted by Crippen LogP contribution is -2.49. The van der Waals surface area contributed by atoms with Crippen molar-refractivity contribution in [3.8, 4) is 0 Å². The van der Waals surface area contributed by atoms with Gasteiger partial charge in [0.05, 0.1) is 12.1 Å². The zero-order valence-corrected chi connectivity index (χ0v) is 29.4. The topological polar surface area (TPSA) is 220 Å². The molecule has 1 fully saturated rings. The van der Waals surface area contributed by atoms with Crippen molar-refractivity contribution in [3.63, 3.8) is 0 Å². The minimum atomic E-state index is -5.08. The van der Waals surface area contributed by atoms with Crippen molar-refractivity contribution in [2.24, 2.45) is 5.73 Å². The van der Waals surface area contributed by atoms with Crippen molar-refractivity contribution < 1.29 is 78.8 Å². The Kier molecular flexibility index (Phi) is 18.7. The van der Waals surface area contributed by atoms with E-state index in [0.29, 0.717) is 23.8 Å². The first-order chi connectivity index (χ1) is 25.8. The van der Waals surface area contributed by atoms with Gasteiger partial charge in [0.15, 0.2) is 0 Å². The van der Waals surface area contributed by atoms with Gasteiger partial charge in [-0.3, -0.25) is 9.59 Å². The van der Waals surface area contributed by atoms with Crippen molar-refractivity contribution in [1.29, 1.82) is 0 Å². The van der Waals surface area contributed by atoms with Crippen molar-refractivity contribution in [2.75, 3.05) is 25.0 Å². The molecule has 4 rings (SSSR count). The summed E-state index contributed by atoms with van der Waals surface area (Å²) in [5.41, 5.74) is 8.86. The van der Waals surface area contributed by atoms with Crippen LogP contribution in [0.25, 0.3) is 10.8 Å². The molecule has 1 aliphatic rings. The molecule has 0 saturated carbocycles. The van der Waals surface area contributed by atoms with E-state index in [0.717, 1.165) is 41.3 Å². The smallest absolute Gasteiger partial charge is 0.475 e. The predicted octanol–water partition coefficient (Wildman–Crippen LogP) is 5.15. The number of alkyl halides is 9. The Bertz CT molecular complexity index is 1740. The highest BCUT2D eigenvalue weighted by molar-refractivity contribution is 6.00. The third kappa shape index (κ3) is 16.9. The highest BCUT2D eigenvalue weighted by Gasteiger charge is 2.39. The van der Waals surface area contributed by atoms with Gasteiger partial charge in [-0.2, -0.15) is 39.5 Å². The van der Waals surface area contributed by atoms with E-state index >= 15 is 0 Å². The van der Waals surface area contributed by atoms with Crippen LogP contribution >= 0.6 is 0 Å². The normalized spacial score (nSPS) is 15.0. The van der Waals surface area contributed by atoms with E-state index in [1.54, 1.807) is 6.07 Å². The number of amides is 2. The second-order valence-electron chi connectivity index (χ2n) is 11.7. The summed E-state index contributed by atoms with van der Waals surface area (Å²) >= 11 is 0. The van der Waals surface area contributed by atoms with E-state index < -0.39 is 42.5 Å². The van der Waals surface area contributed by atoms with Gasteiger partial charge in [-0.25, -0.2) is 14.4 Å². The van der Waals surface area contributed by atoms with Crippen LogP contribution in [0, 0.1) is 6.92 Å². The van der Waals surface area contributed by atoms with Gasteiger partial charge >= 0.3 is 36.4 Å². The molecule has 0 spiro atoms. The number of carbonyl (C=O) groups excluding carboxylic acids is 2. The van der Waals surface area contributed by atoms with Crippen LogP contribution in [0.4, 0.5) is 45.2 Å². The summed E-state index contributed by atoms with van der Waals surface area (Å²) in [6.45, 7) is 5.78. The van der Waals surface area contributed by atoms with Gasteiger partial charge in [-0.15, -0.1) is 0 Å². The van der Waals surface area contributed by atoms with E-state index in [2.05, 4.69) is 39.5 Å². The van der Waals surface area contributed by atoms with Gasteiger partial charge in [0.1, 0.15) is 0 Å². The molecule has 0 unspecified atom stereocenters. The summed E-state index contributed by atoms with van der Waals surface area (Å²) < 4.78 is 95.2. The maximum Gasteiger partial charge on any atom is 0.490 e. The lowest BCUT2D eigenvalue weighted by molar-refractivity contribution is -0.193. The lowest BCUT2D eigenvalue weighted by Gasteiger charge is -2.20. The molecule has 3 aromatic carbocycles. The number of carbonyl (C=O) groups is 5. The summed E-state index contributed by atoms with van der Waals surface area (Å²) in [7, 11) is 0. The van der Waals surface area contributed by atoms with E-state index in [9.17, 15) is 49.1 Å². The average Bonchev–Trinajstić information content (AvgIpc) is 3.62. The van der Waals surface area contributed by atoms with Crippen molar-refractivity contribution in [2.45, 2.75) is 63.3 Å². The quantitative estimate of drug-likeness (QED) is 0.132. The molecule has 310 valence electrons. The highest BCUT2D eigenvalue weighted by atomic mass is 19.4. The van der Waals surface area contributed by atoms with E-state index in [4.69, 9.17) is 35.4 Å². The maximum absolute atomic E-state index is 13.2. The number of anilines is 1. The summed E-state index contributed by atoms with van der Waals surface area (Å²) in [5, 5.41) is 36.3. The molecule has 0 radical (unpaired) electrons. The molecule has 0 bridgehead atoms. The van der Waals surface area contributed by atoms with Crippen LogP contribution < -0.4 is 27.0 Å². The fraction of sp³-hybridized carbons (Fsp3) is 0.382. The molecule has 2 amide bonds. The van der Waals surface area contributed by atoms with Crippen molar-refractivity contribution in [3.05, 3.63) is 77.4 Å². The van der Waals surface area contributed by atoms with Crippen LogP contribution in [0.1, 0.15) is 47.3 Å².